The van der Waals surface area contributed by atoms with Crippen LogP contribution in [-0.2, 0) is 9.53 Å². The lowest BCUT2D eigenvalue weighted by Gasteiger charge is -2.24. The Morgan fingerprint density at radius 1 is 1.26 bits per heavy atom. The average Bonchev–Trinajstić information content (AvgIpc) is 3.40. The van der Waals surface area contributed by atoms with E-state index >= 15 is 0 Å². The number of carbonyl (C=O) groups excluding carboxylic acids is 1. The maximum Gasteiger partial charge on any atom is 0.338 e. The number of hydrogen-bond acceptors (Lipinski definition) is 8. The van der Waals surface area contributed by atoms with E-state index in [0.717, 1.165) is 5.56 Å². The van der Waals surface area contributed by atoms with E-state index < -0.39 is 12.0 Å². The molecular formula is C24H18I2N2O6S. The fraction of sp³-hybridized carbons (Fsp3) is 0.208. The van der Waals surface area contributed by atoms with Gasteiger partial charge in [0, 0.05) is 0 Å². The van der Waals surface area contributed by atoms with Crippen LogP contribution in [0.5, 0.6) is 17.2 Å². The van der Waals surface area contributed by atoms with Crippen molar-refractivity contribution in [1.29, 1.82) is 0 Å². The molecule has 0 fully saturated rings. The lowest BCUT2D eigenvalue weighted by Crippen LogP contribution is -2.39. The van der Waals surface area contributed by atoms with E-state index in [9.17, 15) is 14.7 Å². The second-order valence-corrected chi connectivity index (χ2v) is 11.1. The molecule has 35 heavy (non-hydrogen) atoms. The highest BCUT2D eigenvalue weighted by Gasteiger charge is 2.34. The number of benzene rings is 2. The summed E-state index contributed by atoms with van der Waals surface area (Å²) in [6.45, 7) is 3.80. The van der Waals surface area contributed by atoms with Gasteiger partial charge in [0.1, 0.15) is 5.75 Å². The van der Waals surface area contributed by atoms with E-state index in [2.05, 4.69) is 50.2 Å². The summed E-state index contributed by atoms with van der Waals surface area (Å²) in [5, 5.41) is 10.1. The Bertz CT molecular complexity index is 1570. The summed E-state index contributed by atoms with van der Waals surface area (Å²) in [6, 6.07) is 8.25. The summed E-state index contributed by atoms with van der Waals surface area (Å²) in [7, 11) is 0. The van der Waals surface area contributed by atoms with Gasteiger partial charge in [0.05, 0.1) is 35.6 Å². The number of esters is 1. The van der Waals surface area contributed by atoms with E-state index in [1.54, 1.807) is 44.2 Å². The molecule has 1 N–H and O–H groups in total. The molecule has 0 saturated heterocycles. The van der Waals surface area contributed by atoms with E-state index in [1.165, 1.54) is 15.9 Å². The minimum Gasteiger partial charge on any atom is -0.506 e. The van der Waals surface area contributed by atoms with Crippen molar-refractivity contribution in [3.05, 3.63) is 79.6 Å². The third-order valence-electron chi connectivity index (χ3n) is 5.57. The van der Waals surface area contributed by atoms with E-state index in [0.29, 0.717) is 44.8 Å². The van der Waals surface area contributed by atoms with Crippen LogP contribution < -0.4 is 24.4 Å². The number of allylic oxidation sites excluding steroid dienone is 1. The maximum atomic E-state index is 13.7. The minimum absolute atomic E-state index is 0.116. The minimum atomic E-state index is -0.734. The highest BCUT2D eigenvalue weighted by atomic mass is 127. The predicted octanol–water partition coefficient (Wildman–Crippen LogP) is 3.44. The summed E-state index contributed by atoms with van der Waals surface area (Å²) in [5.41, 5.74) is 1.99. The summed E-state index contributed by atoms with van der Waals surface area (Å²) in [6.07, 6.45) is 1.77. The monoisotopic (exact) mass is 716 g/mol. The normalized spacial score (nSPS) is 16.8. The SMILES string of the molecule is CCOC(=O)C1=C(C)N=c2sc(=Cc3cc(I)c(O)c(I)c3)c(=O)n2C1c1ccc2c(c1)OCO2. The predicted molar refractivity (Wildman–Crippen MR) is 147 cm³/mol. The molecular weight excluding hydrogens is 698 g/mol. The van der Waals surface area contributed by atoms with Gasteiger partial charge in [0.2, 0.25) is 6.79 Å². The fourth-order valence-corrected chi connectivity index (χ4v) is 6.87. The molecule has 0 aliphatic carbocycles. The molecule has 3 aromatic rings. The molecule has 5 rings (SSSR count). The Morgan fingerprint density at radius 2 is 1.97 bits per heavy atom. The van der Waals surface area contributed by atoms with Crippen molar-refractivity contribution in [2.45, 2.75) is 19.9 Å². The van der Waals surface area contributed by atoms with Crippen LogP contribution in [-0.4, -0.2) is 29.0 Å². The Balaban J connectivity index is 1.73. The first-order valence-electron chi connectivity index (χ1n) is 10.6. The number of aromatic hydroxyl groups is 1. The number of nitrogens with zero attached hydrogens (tertiary/aromatic N) is 2. The van der Waals surface area contributed by atoms with Crippen molar-refractivity contribution in [1.82, 2.24) is 4.57 Å². The van der Waals surface area contributed by atoms with Crippen LogP contribution in [0.2, 0.25) is 0 Å². The molecule has 3 heterocycles. The van der Waals surface area contributed by atoms with Gasteiger partial charge in [-0.15, -0.1) is 0 Å². The average molecular weight is 716 g/mol. The number of fused-ring (bicyclic) bond motifs is 2. The molecule has 1 aromatic heterocycles. The number of phenols is 1. The lowest BCUT2D eigenvalue weighted by atomic mass is 9.95. The van der Waals surface area contributed by atoms with Crippen molar-refractivity contribution in [3.63, 3.8) is 0 Å². The van der Waals surface area contributed by atoms with Crippen molar-refractivity contribution >= 4 is 68.6 Å². The quantitative estimate of drug-likeness (QED) is 0.329. The first-order chi connectivity index (χ1) is 16.8. The largest absolute Gasteiger partial charge is 0.506 e. The number of carbonyl (C=O) groups is 1. The molecule has 2 aliphatic heterocycles. The third kappa shape index (κ3) is 4.37. The zero-order valence-electron chi connectivity index (χ0n) is 18.5. The van der Waals surface area contributed by atoms with Crippen molar-refractivity contribution in [3.8, 4) is 17.2 Å². The van der Waals surface area contributed by atoms with Crippen LogP contribution in [0.1, 0.15) is 31.0 Å². The molecule has 2 aromatic carbocycles. The van der Waals surface area contributed by atoms with Gasteiger partial charge in [-0.1, -0.05) is 17.4 Å². The Morgan fingerprint density at radius 3 is 2.69 bits per heavy atom. The number of hydrogen-bond donors (Lipinski definition) is 1. The van der Waals surface area contributed by atoms with Gasteiger partial charge in [0.15, 0.2) is 16.3 Å². The summed E-state index contributed by atoms with van der Waals surface area (Å²) in [4.78, 5) is 31.8. The summed E-state index contributed by atoms with van der Waals surface area (Å²) < 4.78 is 19.7. The van der Waals surface area contributed by atoms with E-state index in [1.807, 2.05) is 6.07 Å². The second-order valence-electron chi connectivity index (χ2n) is 7.75. The Kier molecular flexibility index (Phi) is 6.65. The lowest BCUT2D eigenvalue weighted by molar-refractivity contribution is -0.139. The number of rotatable bonds is 4. The molecule has 2 aliphatic rings. The number of aromatic nitrogens is 1. The van der Waals surface area contributed by atoms with Crippen LogP contribution in [0, 0.1) is 7.14 Å². The van der Waals surface area contributed by atoms with Crippen LogP contribution >= 0.6 is 56.5 Å². The molecule has 8 nitrogen and oxygen atoms in total. The summed E-state index contributed by atoms with van der Waals surface area (Å²) >= 11 is 5.36. The van der Waals surface area contributed by atoms with Crippen LogP contribution in [0.15, 0.2) is 51.4 Å². The Hall–Kier alpha value is -2.39. The standard InChI is InChI=1S/C24H18I2N2O6S/c1-3-32-23(31)19-11(2)27-24-28(20(19)13-4-5-16-17(9-13)34-10-33-16)22(30)18(35-24)8-12-6-14(25)21(29)15(26)7-12/h4-9,20,29H,3,10H2,1-2H3. The van der Waals surface area contributed by atoms with Gasteiger partial charge >= 0.3 is 5.97 Å². The van der Waals surface area contributed by atoms with Crippen molar-refractivity contribution in [2.75, 3.05) is 13.4 Å². The van der Waals surface area contributed by atoms with Gasteiger partial charge in [-0.3, -0.25) is 9.36 Å². The highest BCUT2D eigenvalue weighted by Crippen LogP contribution is 2.38. The zero-order chi connectivity index (χ0) is 24.9. The fourth-order valence-electron chi connectivity index (χ4n) is 4.01. The molecule has 0 radical (unpaired) electrons. The topological polar surface area (TPSA) is 99.4 Å². The van der Waals surface area contributed by atoms with Gasteiger partial charge < -0.3 is 19.3 Å². The van der Waals surface area contributed by atoms with Crippen molar-refractivity contribution in [2.24, 2.45) is 4.99 Å². The molecule has 1 unspecified atom stereocenters. The van der Waals surface area contributed by atoms with Gasteiger partial charge in [-0.05, 0) is 100 Å². The number of halogens is 2. The number of phenolic OH excluding ortho intramolecular Hbond substituents is 1. The van der Waals surface area contributed by atoms with E-state index in [4.69, 9.17) is 14.2 Å². The van der Waals surface area contributed by atoms with Gasteiger partial charge in [0.25, 0.3) is 5.56 Å². The first-order valence-corrected chi connectivity index (χ1v) is 13.5. The van der Waals surface area contributed by atoms with Gasteiger partial charge in [-0.25, -0.2) is 9.79 Å². The second kappa shape index (κ2) is 9.58. The van der Waals surface area contributed by atoms with Gasteiger partial charge in [-0.2, -0.15) is 0 Å². The molecule has 0 saturated carbocycles. The first kappa shape index (κ1) is 24.3. The highest BCUT2D eigenvalue weighted by molar-refractivity contribution is 14.1. The Labute approximate surface area is 230 Å². The summed E-state index contributed by atoms with van der Waals surface area (Å²) in [5.74, 6) is 0.850. The number of ether oxygens (including phenoxy) is 3. The van der Waals surface area contributed by atoms with Crippen LogP contribution in [0.3, 0.4) is 0 Å². The van der Waals surface area contributed by atoms with Crippen molar-refractivity contribution < 1.29 is 24.1 Å². The molecule has 0 spiro atoms. The zero-order valence-corrected chi connectivity index (χ0v) is 23.6. The van der Waals surface area contributed by atoms with Crippen LogP contribution in [0.4, 0.5) is 0 Å². The smallest absolute Gasteiger partial charge is 0.338 e. The molecule has 0 bridgehead atoms. The number of thiazole rings is 1. The van der Waals surface area contributed by atoms with E-state index in [-0.39, 0.29) is 24.7 Å². The molecule has 11 heteroatoms. The molecule has 180 valence electrons. The maximum absolute atomic E-state index is 13.7. The third-order valence-corrected chi connectivity index (χ3v) is 8.19. The van der Waals surface area contributed by atoms with Crippen LogP contribution in [0.25, 0.3) is 6.08 Å². The molecule has 0 amide bonds. The molecule has 1 atom stereocenters.